The van der Waals surface area contributed by atoms with E-state index in [1.807, 2.05) is 0 Å². The molecule has 0 amide bonds. The van der Waals surface area contributed by atoms with Crippen molar-refractivity contribution in [3.05, 3.63) is 0 Å². The van der Waals surface area contributed by atoms with Gasteiger partial charge in [0.1, 0.15) is 0 Å². The van der Waals surface area contributed by atoms with Crippen LogP contribution in [0.1, 0.15) is 46.0 Å². The third-order valence-electron chi connectivity index (χ3n) is 3.26. The number of nitrogens with zero attached hydrogens (tertiary/aromatic N) is 1. The van der Waals surface area contributed by atoms with Crippen LogP contribution < -0.4 is 0 Å². The average Bonchev–Trinajstić information content (AvgIpc) is 2.44. The van der Waals surface area contributed by atoms with E-state index < -0.39 is 10.0 Å². The Morgan fingerprint density at radius 2 is 1.93 bits per heavy atom. The average molecular weight is 233 g/mol. The third-order valence-corrected chi connectivity index (χ3v) is 5.14. The van der Waals surface area contributed by atoms with Crippen LogP contribution in [0.3, 0.4) is 0 Å². The summed E-state index contributed by atoms with van der Waals surface area (Å²) in [6, 6.07) is 0. The molecule has 0 aromatic carbocycles. The molecule has 90 valence electrons. The fraction of sp³-hybridized carbons (Fsp3) is 1.00. The summed E-state index contributed by atoms with van der Waals surface area (Å²) >= 11 is 0. The van der Waals surface area contributed by atoms with Gasteiger partial charge in [-0.2, -0.15) is 0 Å². The Bertz CT molecular complexity index is 274. The van der Waals surface area contributed by atoms with E-state index in [0.717, 1.165) is 31.8 Å². The second-order valence-corrected chi connectivity index (χ2v) is 6.64. The summed E-state index contributed by atoms with van der Waals surface area (Å²) in [6.45, 7) is 5.40. The molecule has 0 aromatic heterocycles. The van der Waals surface area contributed by atoms with E-state index in [2.05, 4.69) is 6.92 Å². The van der Waals surface area contributed by atoms with Gasteiger partial charge in [-0.1, -0.05) is 19.8 Å². The smallest absolute Gasteiger partial charge is 0.212 e. The van der Waals surface area contributed by atoms with Crippen LogP contribution in [0.5, 0.6) is 0 Å². The zero-order valence-corrected chi connectivity index (χ0v) is 10.7. The van der Waals surface area contributed by atoms with E-state index in [1.54, 1.807) is 11.2 Å². The van der Waals surface area contributed by atoms with Crippen molar-refractivity contribution in [3.63, 3.8) is 0 Å². The minimum Gasteiger partial charge on any atom is -0.212 e. The monoisotopic (exact) mass is 233 g/mol. The Balaban J connectivity index is 2.53. The summed E-state index contributed by atoms with van der Waals surface area (Å²) in [4.78, 5) is 0. The van der Waals surface area contributed by atoms with Crippen LogP contribution in [0.15, 0.2) is 0 Å². The molecule has 1 atom stereocenters. The van der Waals surface area contributed by atoms with Crippen molar-refractivity contribution in [3.8, 4) is 0 Å². The molecule has 0 N–H and O–H groups in total. The first-order valence-corrected chi connectivity index (χ1v) is 7.69. The van der Waals surface area contributed by atoms with Crippen molar-refractivity contribution in [1.82, 2.24) is 4.31 Å². The highest BCUT2D eigenvalue weighted by Crippen LogP contribution is 2.23. The lowest BCUT2D eigenvalue weighted by Gasteiger charge is -2.19. The second kappa shape index (κ2) is 5.85. The standard InChI is InChI=1S/C11H23NO2S/c1-3-6-11-7-5-9-12(10-8-11)15(13,14)4-2/h11H,3-10H2,1-2H3. The SMILES string of the molecule is CCCC1CCCN(S(=O)(=O)CC)CC1. The Morgan fingerprint density at radius 3 is 2.53 bits per heavy atom. The van der Waals surface area contributed by atoms with Gasteiger partial charge >= 0.3 is 0 Å². The van der Waals surface area contributed by atoms with Gasteiger partial charge < -0.3 is 0 Å². The minimum atomic E-state index is -2.95. The zero-order chi connectivity index (χ0) is 11.3. The number of sulfonamides is 1. The van der Waals surface area contributed by atoms with Crippen LogP contribution in [0.4, 0.5) is 0 Å². The van der Waals surface area contributed by atoms with E-state index in [-0.39, 0.29) is 5.75 Å². The molecule has 1 heterocycles. The normalized spacial score (nSPS) is 25.1. The Labute approximate surface area is 93.9 Å². The molecule has 3 nitrogen and oxygen atoms in total. The van der Waals surface area contributed by atoms with Gasteiger partial charge in [-0.25, -0.2) is 12.7 Å². The van der Waals surface area contributed by atoms with Gasteiger partial charge in [0.05, 0.1) is 5.75 Å². The fourth-order valence-corrected chi connectivity index (χ4v) is 3.45. The zero-order valence-electron chi connectivity index (χ0n) is 9.91. The molecule has 0 radical (unpaired) electrons. The lowest BCUT2D eigenvalue weighted by Crippen LogP contribution is -2.33. The molecule has 15 heavy (non-hydrogen) atoms. The largest absolute Gasteiger partial charge is 0.213 e. The molecule has 0 saturated carbocycles. The summed E-state index contributed by atoms with van der Waals surface area (Å²) in [5, 5.41) is 0. The summed E-state index contributed by atoms with van der Waals surface area (Å²) in [5.74, 6) is 0.984. The van der Waals surface area contributed by atoms with Gasteiger partial charge in [0.15, 0.2) is 0 Å². The van der Waals surface area contributed by atoms with Crippen molar-refractivity contribution in [1.29, 1.82) is 0 Å². The molecule has 1 unspecified atom stereocenters. The molecule has 1 aliphatic rings. The predicted octanol–water partition coefficient (Wildman–Crippen LogP) is 2.24. The number of hydrogen-bond acceptors (Lipinski definition) is 2. The first kappa shape index (κ1) is 13.0. The maximum Gasteiger partial charge on any atom is 0.213 e. The van der Waals surface area contributed by atoms with Crippen LogP contribution in [-0.2, 0) is 10.0 Å². The summed E-state index contributed by atoms with van der Waals surface area (Å²) in [6.07, 6.45) is 5.74. The quantitative estimate of drug-likeness (QED) is 0.747. The van der Waals surface area contributed by atoms with E-state index in [9.17, 15) is 8.42 Å². The molecular weight excluding hydrogens is 210 g/mol. The lowest BCUT2D eigenvalue weighted by molar-refractivity contribution is 0.400. The first-order valence-electron chi connectivity index (χ1n) is 6.08. The van der Waals surface area contributed by atoms with Gasteiger partial charge in [0, 0.05) is 13.1 Å². The second-order valence-electron chi connectivity index (χ2n) is 4.39. The lowest BCUT2D eigenvalue weighted by atomic mass is 9.96. The molecule has 0 aliphatic carbocycles. The van der Waals surface area contributed by atoms with Crippen LogP contribution in [0.2, 0.25) is 0 Å². The molecule has 4 heteroatoms. The van der Waals surface area contributed by atoms with Crippen molar-refractivity contribution in [2.75, 3.05) is 18.8 Å². The molecule has 1 rings (SSSR count). The summed E-state index contributed by atoms with van der Waals surface area (Å²) in [7, 11) is -2.95. The molecule has 1 fully saturated rings. The van der Waals surface area contributed by atoms with E-state index in [4.69, 9.17) is 0 Å². The van der Waals surface area contributed by atoms with E-state index in [0.29, 0.717) is 0 Å². The topological polar surface area (TPSA) is 37.4 Å². The highest BCUT2D eigenvalue weighted by molar-refractivity contribution is 7.89. The maximum atomic E-state index is 11.7. The highest BCUT2D eigenvalue weighted by Gasteiger charge is 2.23. The summed E-state index contributed by atoms with van der Waals surface area (Å²) < 4.78 is 25.1. The van der Waals surface area contributed by atoms with Crippen molar-refractivity contribution >= 4 is 10.0 Å². The van der Waals surface area contributed by atoms with Crippen molar-refractivity contribution < 1.29 is 8.42 Å². The first-order chi connectivity index (χ1) is 7.10. The van der Waals surface area contributed by atoms with E-state index >= 15 is 0 Å². The Kier molecular flexibility index (Phi) is 5.06. The van der Waals surface area contributed by atoms with Crippen LogP contribution in [0, 0.1) is 5.92 Å². The van der Waals surface area contributed by atoms with Gasteiger partial charge in [-0.15, -0.1) is 0 Å². The van der Waals surface area contributed by atoms with E-state index in [1.165, 1.54) is 19.3 Å². The van der Waals surface area contributed by atoms with Crippen LogP contribution in [0.25, 0.3) is 0 Å². The third kappa shape index (κ3) is 3.76. The maximum absolute atomic E-state index is 11.7. The number of hydrogen-bond donors (Lipinski definition) is 0. The fourth-order valence-electron chi connectivity index (χ4n) is 2.30. The Morgan fingerprint density at radius 1 is 1.20 bits per heavy atom. The molecule has 0 bridgehead atoms. The van der Waals surface area contributed by atoms with Crippen LogP contribution in [-0.4, -0.2) is 31.6 Å². The summed E-state index contributed by atoms with van der Waals surface area (Å²) in [5.41, 5.74) is 0. The van der Waals surface area contributed by atoms with Crippen molar-refractivity contribution in [2.24, 2.45) is 5.92 Å². The predicted molar refractivity (Wildman–Crippen MR) is 63.3 cm³/mol. The van der Waals surface area contributed by atoms with Crippen LogP contribution >= 0.6 is 0 Å². The van der Waals surface area contributed by atoms with Crippen molar-refractivity contribution in [2.45, 2.75) is 46.0 Å². The molecule has 0 aromatic rings. The Hall–Kier alpha value is -0.0900. The van der Waals surface area contributed by atoms with Gasteiger partial charge in [0.2, 0.25) is 10.0 Å². The number of rotatable bonds is 4. The molecule has 0 spiro atoms. The molecular formula is C11H23NO2S. The van der Waals surface area contributed by atoms with Gasteiger partial charge in [-0.3, -0.25) is 0 Å². The molecule has 1 saturated heterocycles. The van der Waals surface area contributed by atoms with Gasteiger partial charge in [-0.05, 0) is 32.1 Å². The highest BCUT2D eigenvalue weighted by atomic mass is 32.2. The van der Waals surface area contributed by atoms with Gasteiger partial charge in [0.25, 0.3) is 0 Å². The minimum absolute atomic E-state index is 0.242. The molecule has 1 aliphatic heterocycles.